The van der Waals surface area contributed by atoms with E-state index in [9.17, 15) is 4.79 Å². The lowest BCUT2D eigenvalue weighted by atomic mass is 10.3. The summed E-state index contributed by atoms with van der Waals surface area (Å²) in [6, 6.07) is 1.94. The average Bonchev–Trinajstić information content (AvgIpc) is 1.95. The molecule has 0 aliphatic carbocycles. The van der Waals surface area contributed by atoms with E-state index in [4.69, 9.17) is 10.00 Å². The highest BCUT2D eigenvalue weighted by Gasteiger charge is 2.22. The first-order valence-electron chi connectivity index (χ1n) is 2.99. The van der Waals surface area contributed by atoms with Gasteiger partial charge in [0.25, 0.3) is 0 Å². The van der Waals surface area contributed by atoms with E-state index in [1.165, 1.54) is 4.90 Å². The Bertz CT molecular complexity index is 185. The third-order valence-electron chi connectivity index (χ3n) is 1.42. The number of carbonyl (C=O) groups excluding carboxylic acids is 1. The molecule has 1 saturated heterocycles. The van der Waals surface area contributed by atoms with Crippen LogP contribution in [0.5, 0.6) is 0 Å². The van der Waals surface area contributed by atoms with Crippen molar-refractivity contribution >= 4 is 5.91 Å². The summed E-state index contributed by atoms with van der Waals surface area (Å²) in [6.07, 6.45) is -0.442. The Hall–Kier alpha value is -1.08. The monoisotopic (exact) mass is 140 g/mol. The number of rotatable bonds is 0. The van der Waals surface area contributed by atoms with Crippen LogP contribution in [0.1, 0.15) is 0 Å². The summed E-state index contributed by atoms with van der Waals surface area (Å²) < 4.78 is 4.86. The van der Waals surface area contributed by atoms with Gasteiger partial charge in [0.2, 0.25) is 5.91 Å². The van der Waals surface area contributed by atoms with E-state index in [-0.39, 0.29) is 12.5 Å². The number of likely N-dealkylation sites (N-methyl/N-ethyl adjacent to an activating group) is 1. The zero-order valence-corrected chi connectivity index (χ0v) is 5.70. The molecule has 0 aromatic heterocycles. The van der Waals surface area contributed by atoms with E-state index in [0.717, 1.165) is 0 Å². The summed E-state index contributed by atoms with van der Waals surface area (Å²) in [5.74, 6) is -0.0634. The number of carbonyl (C=O) groups is 1. The average molecular weight is 140 g/mol. The topological polar surface area (TPSA) is 53.3 Å². The predicted octanol–water partition coefficient (Wildman–Crippen LogP) is -0.633. The van der Waals surface area contributed by atoms with Crippen LogP contribution in [0.4, 0.5) is 0 Å². The van der Waals surface area contributed by atoms with Gasteiger partial charge < -0.3 is 9.64 Å². The number of morpholine rings is 1. The number of nitriles is 1. The van der Waals surface area contributed by atoms with Crippen molar-refractivity contribution in [1.29, 1.82) is 5.26 Å². The van der Waals surface area contributed by atoms with Crippen LogP contribution < -0.4 is 0 Å². The predicted molar refractivity (Wildman–Crippen MR) is 33.0 cm³/mol. The number of hydrogen-bond donors (Lipinski definition) is 0. The second-order valence-corrected chi connectivity index (χ2v) is 2.20. The molecule has 0 bridgehead atoms. The molecule has 1 atom stereocenters. The molecule has 1 aliphatic rings. The van der Waals surface area contributed by atoms with Gasteiger partial charge in [-0.1, -0.05) is 0 Å². The maximum atomic E-state index is 10.7. The van der Waals surface area contributed by atoms with Gasteiger partial charge in [-0.05, 0) is 0 Å². The van der Waals surface area contributed by atoms with E-state index in [0.29, 0.717) is 6.54 Å². The van der Waals surface area contributed by atoms with Crippen molar-refractivity contribution in [2.75, 3.05) is 20.2 Å². The van der Waals surface area contributed by atoms with Crippen molar-refractivity contribution in [3.63, 3.8) is 0 Å². The number of hydrogen-bond acceptors (Lipinski definition) is 3. The molecule has 4 nitrogen and oxygen atoms in total. The van der Waals surface area contributed by atoms with Crippen LogP contribution in [-0.2, 0) is 9.53 Å². The largest absolute Gasteiger partial charge is 0.352 e. The van der Waals surface area contributed by atoms with E-state index >= 15 is 0 Å². The summed E-state index contributed by atoms with van der Waals surface area (Å²) in [5, 5.41) is 8.38. The first kappa shape index (κ1) is 7.03. The van der Waals surface area contributed by atoms with Crippen LogP contribution in [0.25, 0.3) is 0 Å². The molecule has 0 aromatic rings. The SMILES string of the molecule is CN1CC(C#N)OCC1=O. The molecular formula is C6H8N2O2. The molecule has 1 fully saturated rings. The van der Waals surface area contributed by atoms with Crippen molar-refractivity contribution in [1.82, 2.24) is 4.90 Å². The molecule has 4 heteroatoms. The summed E-state index contributed by atoms with van der Waals surface area (Å²) in [4.78, 5) is 12.2. The first-order valence-corrected chi connectivity index (χ1v) is 2.99. The van der Waals surface area contributed by atoms with Gasteiger partial charge in [0.1, 0.15) is 6.61 Å². The second-order valence-electron chi connectivity index (χ2n) is 2.20. The highest BCUT2D eigenvalue weighted by molar-refractivity contribution is 5.77. The Morgan fingerprint density at radius 1 is 1.90 bits per heavy atom. The van der Waals surface area contributed by atoms with Gasteiger partial charge in [0, 0.05) is 7.05 Å². The van der Waals surface area contributed by atoms with Crippen molar-refractivity contribution in [3.05, 3.63) is 0 Å². The second kappa shape index (κ2) is 2.67. The standard InChI is InChI=1S/C6H8N2O2/c1-8-3-5(2-7)10-4-6(8)9/h5H,3-4H2,1H3. The Balaban J connectivity index is 2.50. The van der Waals surface area contributed by atoms with Crippen LogP contribution in [0.15, 0.2) is 0 Å². The van der Waals surface area contributed by atoms with Gasteiger partial charge in [-0.3, -0.25) is 4.79 Å². The van der Waals surface area contributed by atoms with Gasteiger partial charge in [-0.2, -0.15) is 5.26 Å². The lowest BCUT2D eigenvalue weighted by Gasteiger charge is -2.25. The van der Waals surface area contributed by atoms with Crippen LogP contribution in [0.2, 0.25) is 0 Å². The number of ether oxygens (including phenoxy) is 1. The third kappa shape index (κ3) is 1.25. The molecule has 1 aliphatic heterocycles. The summed E-state index contributed by atoms with van der Waals surface area (Å²) >= 11 is 0. The molecule has 1 heterocycles. The number of amides is 1. The zero-order chi connectivity index (χ0) is 7.56. The normalized spacial score (nSPS) is 26.2. The van der Waals surface area contributed by atoms with Gasteiger partial charge in [-0.15, -0.1) is 0 Å². The smallest absolute Gasteiger partial charge is 0.248 e. The van der Waals surface area contributed by atoms with E-state index in [2.05, 4.69) is 0 Å². The highest BCUT2D eigenvalue weighted by atomic mass is 16.5. The van der Waals surface area contributed by atoms with Gasteiger partial charge in [0.05, 0.1) is 12.6 Å². The van der Waals surface area contributed by atoms with E-state index in [1.54, 1.807) is 7.05 Å². The lowest BCUT2D eigenvalue weighted by Crippen LogP contribution is -2.43. The molecule has 1 amide bonds. The van der Waals surface area contributed by atoms with Crippen molar-refractivity contribution in [2.45, 2.75) is 6.10 Å². The summed E-state index contributed by atoms with van der Waals surface area (Å²) in [7, 11) is 1.66. The van der Waals surface area contributed by atoms with Crippen LogP contribution in [-0.4, -0.2) is 37.1 Å². The molecule has 0 saturated carbocycles. The Labute approximate surface area is 59.0 Å². The molecule has 0 spiro atoms. The molecule has 10 heavy (non-hydrogen) atoms. The number of nitrogens with zero attached hydrogens (tertiary/aromatic N) is 2. The summed E-state index contributed by atoms with van der Waals surface area (Å²) in [5.41, 5.74) is 0. The molecule has 0 radical (unpaired) electrons. The Morgan fingerprint density at radius 3 is 3.10 bits per heavy atom. The fourth-order valence-corrected chi connectivity index (χ4v) is 0.763. The zero-order valence-electron chi connectivity index (χ0n) is 5.70. The van der Waals surface area contributed by atoms with Crippen LogP contribution >= 0.6 is 0 Å². The maximum absolute atomic E-state index is 10.7. The lowest BCUT2D eigenvalue weighted by molar-refractivity contribution is -0.143. The third-order valence-corrected chi connectivity index (χ3v) is 1.42. The minimum atomic E-state index is -0.442. The molecule has 0 N–H and O–H groups in total. The quantitative estimate of drug-likeness (QED) is 0.450. The maximum Gasteiger partial charge on any atom is 0.248 e. The molecule has 1 unspecified atom stereocenters. The Kier molecular flexibility index (Phi) is 1.88. The van der Waals surface area contributed by atoms with Crippen molar-refractivity contribution < 1.29 is 9.53 Å². The van der Waals surface area contributed by atoms with Crippen LogP contribution in [0, 0.1) is 11.3 Å². The molecule has 1 rings (SSSR count). The first-order chi connectivity index (χ1) is 4.74. The molecular weight excluding hydrogens is 132 g/mol. The van der Waals surface area contributed by atoms with E-state index < -0.39 is 6.10 Å². The minimum absolute atomic E-state index is 0.0364. The summed E-state index contributed by atoms with van der Waals surface area (Å²) in [6.45, 7) is 0.421. The van der Waals surface area contributed by atoms with Crippen molar-refractivity contribution in [3.8, 4) is 6.07 Å². The molecule has 54 valence electrons. The fourth-order valence-electron chi connectivity index (χ4n) is 0.763. The van der Waals surface area contributed by atoms with Gasteiger partial charge >= 0.3 is 0 Å². The highest BCUT2D eigenvalue weighted by Crippen LogP contribution is 2.01. The van der Waals surface area contributed by atoms with E-state index in [1.807, 2.05) is 6.07 Å². The minimum Gasteiger partial charge on any atom is -0.352 e. The van der Waals surface area contributed by atoms with Gasteiger partial charge in [0.15, 0.2) is 6.10 Å². The molecule has 0 aromatic carbocycles. The fraction of sp³-hybridized carbons (Fsp3) is 0.667. The van der Waals surface area contributed by atoms with Crippen LogP contribution in [0.3, 0.4) is 0 Å². The Morgan fingerprint density at radius 2 is 2.60 bits per heavy atom. The van der Waals surface area contributed by atoms with Gasteiger partial charge in [-0.25, -0.2) is 0 Å². The van der Waals surface area contributed by atoms with Crippen molar-refractivity contribution in [2.24, 2.45) is 0 Å².